The normalized spacial score (nSPS) is 10.6. The molecule has 0 unspecified atom stereocenters. The highest BCUT2D eigenvalue weighted by atomic mass is 19.2. The molecule has 0 fully saturated rings. The van der Waals surface area contributed by atoms with Gasteiger partial charge in [-0.05, 0) is 37.0 Å². The molecule has 0 aliphatic carbocycles. The van der Waals surface area contributed by atoms with Crippen LogP contribution in [0.25, 0.3) is 0 Å². The Labute approximate surface area is 105 Å². The molecule has 0 atom stereocenters. The standard InChI is InChI=1S/C15H15F2N/c1-10-2-4-11(5-3-10)6-7-12-8-9-13(18)15(17)14(12)16/h2-5,8-9H,6-7,18H2,1H3. The molecule has 0 bridgehead atoms. The maximum atomic E-state index is 13.6. The molecule has 0 spiro atoms. The van der Waals surface area contributed by atoms with Gasteiger partial charge in [-0.25, -0.2) is 8.78 Å². The molecule has 0 heterocycles. The minimum absolute atomic E-state index is 0.147. The number of halogens is 2. The lowest BCUT2D eigenvalue weighted by molar-refractivity contribution is 0.502. The highest BCUT2D eigenvalue weighted by Crippen LogP contribution is 2.19. The monoisotopic (exact) mass is 247 g/mol. The van der Waals surface area contributed by atoms with Crippen molar-refractivity contribution in [1.82, 2.24) is 0 Å². The van der Waals surface area contributed by atoms with Crippen molar-refractivity contribution in [3.63, 3.8) is 0 Å². The Balaban J connectivity index is 2.11. The van der Waals surface area contributed by atoms with E-state index in [0.29, 0.717) is 18.4 Å². The van der Waals surface area contributed by atoms with Gasteiger partial charge in [0.2, 0.25) is 0 Å². The summed E-state index contributed by atoms with van der Waals surface area (Å²) in [5, 5.41) is 0. The van der Waals surface area contributed by atoms with Gasteiger partial charge in [-0.15, -0.1) is 0 Å². The lowest BCUT2D eigenvalue weighted by Crippen LogP contribution is -2.01. The summed E-state index contributed by atoms with van der Waals surface area (Å²) in [6.45, 7) is 2.01. The van der Waals surface area contributed by atoms with Crippen LogP contribution < -0.4 is 5.73 Å². The highest BCUT2D eigenvalue weighted by Gasteiger charge is 2.11. The van der Waals surface area contributed by atoms with E-state index in [-0.39, 0.29) is 5.69 Å². The van der Waals surface area contributed by atoms with Gasteiger partial charge in [-0.3, -0.25) is 0 Å². The molecule has 2 aromatic rings. The lowest BCUT2D eigenvalue weighted by atomic mass is 10.0. The average molecular weight is 247 g/mol. The Morgan fingerprint density at radius 2 is 1.56 bits per heavy atom. The van der Waals surface area contributed by atoms with E-state index in [9.17, 15) is 8.78 Å². The predicted octanol–water partition coefficient (Wildman–Crippen LogP) is 3.64. The van der Waals surface area contributed by atoms with Gasteiger partial charge >= 0.3 is 0 Å². The lowest BCUT2D eigenvalue weighted by Gasteiger charge is -2.06. The van der Waals surface area contributed by atoms with E-state index in [0.717, 1.165) is 5.56 Å². The van der Waals surface area contributed by atoms with E-state index >= 15 is 0 Å². The maximum Gasteiger partial charge on any atom is 0.181 e. The van der Waals surface area contributed by atoms with Crippen molar-refractivity contribution in [2.45, 2.75) is 19.8 Å². The first-order chi connectivity index (χ1) is 8.58. The van der Waals surface area contributed by atoms with Crippen molar-refractivity contribution in [2.24, 2.45) is 0 Å². The van der Waals surface area contributed by atoms with Gasteiger partial charge in [0.15, 0.2) is 11.6 Å². The van der Waals surface area contributed by atoms with Crippen LogP contribution in [0.5, 0.6) is 0 Å². The summed E-state index contributed by atoms with van der Waals surface area (Å²) in [6, 6.07) is 11.0. The van der Waals surface area contributed by atoms with Gasteiger partial charge in [0.1, 0.15) is 0 Å². The topological polar surface area (TPSA) is 26.0 Å². The van der Waals surface area contributed by atoms with Crippen LogP contribution >= 0.6 is 0 Å². The molecule has 18 heavy (non-hydrogen) atoms. The third kappa shape index (κ3) is 2.67. The quantitative estimate of drug-likeness (QED) is 0.823. The first-order valence-electron chi connectivity index (χ1n) is 5.86. The minimum atomic E-state index is -0.948. The Kier molecular flexibility index (Phi) is 3.60. The Morgan fingerprint density at radius 1 is 0.889 bits per heavy atom. The van der Waals surface area contributed by atoms with Crippen LogP contribution in [0.3, 0.4) is 0 Å². The number of nitrogen functional groups attached to an aromatic ring is 1. The molecule has 94 valence electrons. The zero-order valence-corrected chi connectivity index (χ0v) is 10.2. The van der Waals surface area contributed by atoms with Crippen molar-refractivity contribution < 1.29 is 8.78 Å². The van der Waals surface area contributed by atoms with Crippen LogP contribution in [0, 0.1) is 18.6 Å². The van der Waals surface area contributed by atoms with Crippen LogP contribution in [-0.2, 0) is 12.8 Å². The zero-order chi connectivity index (χ0) is 13.1. The first-order valence-corrected chi connectivity index (χ1v) is 5.86. The Bertz CT molecular complexity index is 547. The van der Waals surface area contributed by atoms with Crippen LogP contribution in [0.4, 0.5) is 14.5 Å². The maximum absolute atomic E-state index is 13.6. The number of aryl methyl sites for hydroxylation is 3. The Hall–Kier alpha value is -1.90. The highest BCUT2D eigenvalue weighted by molar-refractivity contribution is 5.42. The van der Waals surface area contributed by atoms with E-state index in [4.69, 9.17) is 5.73 Å². The van der Waals surface area contributed by atoms with Crippen LogP contribution in [0.15, 0.2) is 36.4 Å². The largest absolute Gasteiger partial charge is 0.396 e. The van der Waals surface area contributed by atoms with Crippen molar-refractivity contribution in [1.29, 1.82) is 0 Å². The molecule has 0 aromatic heterocycles. The molecular formula is C15H15F2N. The van der Waals surface area contributed by atoms with Crippen molar-refractivity contribution >= 4 is 5.69 Å². The summed E-state index contributed by atoms with van der Waals surface area (Å²) in [6.07, 6.45) is 1.15. The molecule has 0 aliphatic rings. The van der Waals surface area contributed by atoms with Crippen molar-refractivity contribution in [2.75, 3.05) is 5.73 Å². The molecule has 0 aliphatic heterocycles. The second kappa shape index (κ2) is 5.17. The van der Waals surface area contributed by atoms with Crippen LogP contribution in [-0.4, -0.2) is 0 Å². The van der Waals surface area contributed by atoms with Gasteiger partial charge in [-0.2, -0.15) is 0 Å². The van der Waals surface area contributed by atoms with Crippen LogP contribution in [0.2, 0.25) is 0 Å². The average Bonchev–Trinajstić information content (AvgIpc) is 2.37. The van der Waals surface area contributed by atoms with Gasteiger partial charge in [-0.1, -0.05) is 35.9 Å². The summed E-state index contributed by atoms with van der Waals surface area (Å²) < 4.78 is 26.8. The SMILES string of the molecule is Cc1ccc(CCc2ccc(N)c(F)c2F)cc1. The number of hydrogen-bond acceptors (Lipinski definition) is 1. The molecule has 2 N–H and O–H groups in total. The third-order valence-electron chi connectivity index (χ3n) is 3.00. The number of rotatable bonds is 3. The number of anilines is 1. The van der Waals surface area contributed by atoms with E-state index < -0.39 is 11.6 Å². The van der Waals surface area contributed by atoms with Crippen molar-refractivity contribution in [3.05, 3.63) is 64.7 Å². The fourth-order valence-corrected chi connectivity index (χ4v) is 1.83. The van der Waals surface area contributed by atoms with Crippen LogP contribution in [0.1, 0.15) is 16.7 Å². The molecule has 0 radical (unpaired) electrons. The number of benzene rings is 2. The third-order valence-corrected chi connectivity index (χ3v) is 3.00. The smallest absolute Gasteiger partial charge is 0.181 e. The summed E-state index contributed by atoms with van der Waals surface area (Å²) in [5.41, 5.74) is 7.81. The summed E-state index contributed by atoms with van der Waals surface area (Å²) in [7, 11) is 0. The molecular weight excluding hydrogens is 232 g/mol. The minimum Gasteiger partial charge on any atom is -0.396 e. The van der Waals surface area contributed by atoms with Crippen molar-refractivity contribution in [3.8, 4) is 0 Å². The van der Waals surface area contributed by atoms with Gasteiger partial charge in [0.25, 0.3) is 0 Å². The van der Waals surface area contributed by atoms with E-state index in [1.165, 1.54) is 11.6 Å². The molecule has 0 saturated heterocycles. The Morgan fingerprint density at radius 3 is 2.22 bits per heavy atom. The predicted molar refractivity (Wildman–Crippen MR) is 69.4 cm³/mol. The molecule has 2 rings (SSSR count). The molecule has 3 heteroatoms. The van der Waals surface area contributed by atoms with Gasteiger partial charge in [0.05, 0.1) is 5.69 Å². The number of hydrogen-bond donors (Lipinski definition) is 1. The fraction of sp³-hybridized carbons (Fsp3) is 0.200. The second-order valence-electron chi connectivity index (χ2n) is 4.43. The molecule has 2 aromatic carbocycles. The van der Waals surface area contributed by atoms with E-state index in [1.807, 2.05) is 31.2 Å². The number of nitrogens with two attached hydrogens (primary N) is 1. The fourth-order valence-electron chi connectivity index (χ4n) is 1.83. The molecule has 1 nitrogen and oxygen atoms in total. The molecule has 0 saturated carbocycles. The van der Waals surface area contributed by atoms with Gasteiger partial charge < -0.3 is 5.73 Å². The van der Waals surface area contributed by atoms with Gasteiger partial charge in [0, 0.05) is 0 Å². The molecule has 0 amide bonds. The summed E-state index contributed by atoms with van der Waals surface area (Å²) >= 11 is 0. The summed E-state index contributed by atoms with van der Waals surface area (Å²) in [5.74, 6) is -1.78. The van der Waals surface area contributed by atoms with E-state index in [2.05, 4.69) is 0 Å². The van der Waals surface area contributed by atoms with E-state index in [1.54, 1.807) is 6.07 Å². The summed E-state index contributed by atoms with van der Waals surface area (Å²) in [4.78, 5) is 0. The second-order valence-corrected chi connectivity index (χ2v) is 4.43. The zero-order valence-electron chi connectivity index (χ0n) is 10.2. The first kappa shape index (κ1) is 12.6.